The number of nitrogens with one attached hydrogen (secondary N) is 1. The van der Waals surface area contributed by atoms with Gasteiger partial charge < -0.3 is 24.6 Å². The molecule has 2 fully saturated rings. The summed E-state index contributed by atoms with van der Waals surface area (Å²) in [4.78, 5) is 46.6. The molecule has 2 aromatic carbocycles. The smallest absolute Gasteiger partial charge is 0.420 e. The lowest BCUT2D eigenvalue weighted by Gasteiger charge is -2.35. The van der Waals surface area contributed by atoms with Gasteiger partial charge in [0.15, 0.2) is 40.7 Å². The summed E-state index contributed by atoms with van der Waals surface area (Å²) in [7, 11) is 0. The van der Waals surface area contributed by atoms with Gasteiger partial charge in [0, 0.05) is 24.2 Å². The van der Waals surface area contributed by atoms with Gasteiger partial charge in [0.25, 0.3) is 5.91 Å². The third kappa shape index (κ3) is 9.72. The fourth-order valence-corrected chi connectivity index (χ4v) is 7.51. The number of alkyl halides is 5. The molecular formula is C41H42F8N6O5S. The van der Waals surface area contributed by atoms with Gasteiger partial charge >= 0.3 is 6.18 Å². The van der Waals surface area contributed by atoms with Crippen LogP contribution >= 0.6 is 12.2 Å². The molecule has 0 bridgehead atoms. The summed E-state index contributed by atoms with van der Waals surface area (Å²) in [6, 6.07) is 5.77. The molecule has 61 heavy (non-hydrogen) atoms. The lowest BCUT2D eigenvalue weighted by atomic mass is 9.85. The monoisotopic (exact) mass is 882 g/mol. The number of ether oxygens (including phenoxy) is 2. The molecule has 2 aliphatic rings. The van der Waals surface area contributed by atoms with E-state index in [9.17, 15) is 36.3 Å². The third-order valence-corrected chi connectivity index (χ3v) is 10.6. The number of nitrogens with zero attached hydrogens (tertiary/aromatic N) is 5. The molecule has 0 saturated carbocycles. The minimum atomic E-state index is -5.30. The topological polar surface area (TPSA) is 128 Å². The Balaban J connectivity index is 1.20. The van der Waals surface area contributed by atoms with E-state index in [1.54, 1.807) is 25.7 Å². The van der Waals surface area contributed by atoms with Crippen molar-refractivity contribution in [3.05, 3.63) is 71.2 Å². The fraction of sp³-hybridized carbons (Fsp3) is 0.463. The van der Waals surface area contributed by atoms with Gasteiger partial charge in [-0.2, -0.15) is 18.4 Å². The van der Waals surface area contributed by atoms with Crippen molar-refractivity contribution < 1.29 is 59.0 Å². The highest BCUT2D eigenvalue weighted by molar-refractivity contribution is 7.81. The molecule has 5 rings (SSSR count). The quantitative estimate of drug-likeness (QED) is 0.137. The van der Waals surface area contributed by atoms with Crippen LogP contribution in [0.15, 0.2) is 42.6 Å². The number of benzene rings is 2. The van der Waals surface area contributed by atoms with Gasteiger partial charge in [-0.3, -0.25) is 24.3 Å². The highest BCUT2D eigenvalue weighted by Crippen LogP contribution is 2.42. The zero-order valence-electron chi connectivity index (χ0n) is 33.8. The van der Waals surface area contributed by atoms with E-state index in [1.807, 2.05) is 6.92 Å². The zero-order valence-corrected chi connectivity index (χ0v) is 34.6. The van der Waals surface area contributed by atoms with E-state index in [4.69, 9.17) is 27.0 Å². The van der Waals surface area contributed by atoms with E-state index >= 15 is 13.2 Å². The minimum absolute atomic E-state index is 0.0235. The average molecular weight is 883 g/mol. The van der Waals surface area contributed by atoms with Crippen LogP contribution in [-0.2, 0) is 25.3 Å². The van der Waals surface area contributed by atoms with Crippen LogP contribution in [-0.4, -0.2) is 89.0 Å². The molecule has 328 valence electrons. The number of carbonyl (C=O) groups is 3. The van der Waals surface area contributed by atoms with Crippen LogP contribution in [0.5, 0.6) is 5.75 Å². The predicted octanol–water partition coefficient (Wildman–Crippen LogP) is 7.59. The first-order valence-electron chi connectivity index (χ1n) is 18.9. The summed E-state index contributed by atoms with van der Waals surface area (Å²) in [5.41, 5.74) is -6.88. The van der Waals surface area contributed by atoms with E-state index in [1.165, 1.54) is 26.0 Å². The molecule has 2 saturated heterocycles. The predicted molar refractivity (Wildman–Crippen MR) is 210 cm³/mol. The van der Waals surface area contributed by atoms with Crippen molar-refractivity contribution in [3.63, 3.8) is 0 Å². The van der Waals surface area contributed by atoms with E-state index in [-0.39, 0.29) is 23.2 Å². The molecule has 1 aromatic heterocycles. The van der Waals surface area contributed by atoms with Crippen molar-refractivity contribution in [1.82, 2.24) is 15.2 Å². The van der Waals surface area contributed by atoms with Crippen LogP contribution in [0, 0.1) is 34.2 Å². The van der Waals surface area contributed by atoms with Crippen LogP contribution in [0.25, 0.3) is 11.3 Å². The summed E-state index contributed by atoms with van der Waals surface area (Å²) in [5.74, 6) is -6.53. The van der Waals surface area contributed by atoms with Crippen LogP contribution < -0.4 is 19.9 Å². The molecule has 3 aromatic rings. The van der Waals surface area contributed by atoms with Gasteiger partial charge in [-0.05, 0) is 81.6 Å². The number of thiocarbonyl (C=S) groups is 1. The standard InChI is InChI=1S/C41H42F8N6O5S/c1-21-8-7-13-53(21)36(57)35(39(2,3)4)52-31(56)20-59-18-27(44)28(45)19-60-30-12-10-22(14-25(30)42)34-26(43)15-24(17-51-34)55-38(61)54(37(58)40(55,5)6)29-11-9-23(16-50)32(33(29)46)41(47,48)49/h9-12,14-15,17,21,27-28,35H,7-8,13,18-20H2,1-6H3,(H,52,56). The molecule has 0 aliphatic carbocycles. The maximum atomic E-state index is 15.6. The van der Waals surface area contributed by atoms with Crippen molar-refractivity contribution in [2.24, 2.45) is 5.41 Å². The average Bonchev–Trinajstić information content (AvgIpc) is 3.67. The number of aromatic nitrogens is 1. The molecular weight excluding hydrogens is 841 g/mol. The molecule has 4 unspecified atom stereocenters. The Kier molecular flexibility index (Phi) is 13.7. The Morgan fingerprint density at radius 1 is 1.05 bits per heavy atom. The Morgan fingerprint density at radius 2 is 1.72 bits per heavy atom. The second-order valence-electron chi connectivity index (χ2n) is 16.2. The van der Waals surface area contributed by atoms with Gasteiger partial charge in [0.05, 0.1) is 35.8 Å². The molecule has 3 heterocycles. The van der Waals surface area contributed by atoms with Crippen LogP contribution in [0.4, 0.5) is 46.5 Å². The fourth-order valence-electron chi connectivity index (χ4n) is 7.00. The summed E-state index contributed by atoms with van der Waals surface area (Å²) in [6.07, 6.45) is -7.17. The zero-order chi connectivity index (χ0) is 45.4. The first kappa shape index (κ1) is 46.6. The first-order valence-corrected chi connectivity index (χ1v) is 19.3. The van der Waals surface area contributed by atoms with Crippen molar-refractivity contribution in [1.29, 1.82) is 5.26 Å². The molecule has 0 radical (unpaired) electrons. The molecule has 4 atom stereocenters. The number of rotatable bonds is 13. The molecule has 1 N–H and O–H groups in total. The van der Waals surface area contributed by atoms with Crippen molar-refractivity contribution in [3.8, 4) is 23.1 Å². The number of nitriles is 1. The summed E-state index contributed by atoms with van der Waals surface area (Å²) >= 11 is 5.37. The van der Waals surface area contributed by atoms with Gasteiger partial charge in [-0.1, -0.05) is 20.8 Å². The highest BCUT2D eigenvalue weighted by atomic mass is 32.1. The Hall–Kier alpha value is -5.42. The molecule has 11 nitrogen and oxygen atoms in total. The molecule has 0 spiro atoms. The Bertz CT molecular complexity index is 2250. The second-order valence-corrected chi connectivity index (χ2v) is 16.5. The number of amides is 3. The number of pyridine rings is 1. The molecule has 3 amide bonds. The Labute approximate surface area is 351 Å². The number of carbonyl (C=O) groups excluding carboxylic acids is 3. The van der Waals surface area contributed by atoms with Crippen LogP contribution in [0.2, 0.25) is 0 Å². The SMILES string of the molecule is CC1CCCN1C(=O)C(NC(=O)COCC(F)C(F)COc1ccc(-c2ncc(N3C(=S)N(c4ccc(C#N)c(C(F)(F)F)c4F)C(=O)C3(C)C)cc2F)cc1F)C(C)(C)C. The normalized spacial score (nSPS) is 18.2. The summed E-state index contributed by atoms with van der Waals surface area (Å²) in [6.45, 7) is 7.98. The van der Waals surface area contributed by atoms with E-state index in [0.29, 0.717) is 17.5 Å². The van der Waals surface area contributed by atoms with Gasteiger partial charge in [0.1, 0.15) is 36.1 Å². The third-order valence-electron chi connectivity index (χ3n) is 10.3. The first-order chi connectivity index (χ1) is 28.4. The van der Waals surface area contributed by atoms with E-state index in [0.717, 1.165) is 48.2 Å². The Morgan fingerprint density at radius 3 is 2.30 bits per heavy atom. The van der Waals surface area contributed by atoms with Crippen LogP contribution in [0.3, 0.4) is 0 Å². The minimum Gasteiger partial charge on any atom is -0.487 e. The summed E-state index contributed by atoms with van der Waals surface area (Å²) in [5, 5.41) is 11.2. The molecule has 20 heteroatoms. The second kappa shape index (κ2) is 17.9. The van der Waals surface area contributed by atoms with Crippen molar-refractivity contribution in [2.75, 3.05) is 36.2 Å². The maximum absolute atomic E-state index is 15.6. The van der Waals surface area contributed by atoms with Gasteiger partial charge in [-0.25, -0.2) is 22.0 Å². The van der Waals surface area contributed by atoms with E-state index in [2.05, 4.69) is 10.3 Å². The van der Waals surface area contributed by atoms with Crippen LogP contribution in [0.1, 0.15) is 65.5 Å². The lowest BCUT2D eigenvalue weighted by Crippen LogP contribution is -2.56. The van der Waals surface area contributed by atoms with E-state index < -0.39 is 118 Å². The molecule has 2 aliphatic heterocycles. The largest absolute Gasteiger partial charge is 0.487 e. The number of halogens is 8. The lowest BCUT2D eigenvalue weighted by molar-refractivity contribution is -0.141. The van der Waals surface area contributed by atoms with Gasteiger partial charge in [0.2, 0.25) is 11.8 Å². The number of hydrogen-bond donors (Lipinski definition) is 1. The number of hydrogen-bond acceptors (Lipinski definition) is 8. The van der Waals surface area contributed by atoms with Gasteiger partial charge in [-0.15, -0.1) is 0 Å². The van der Waals surface area contributed by atoms with Crippen molar-refractivity contribution in [2.45, 2.75) is 90.5 Å². The number of anilines is 2. The summed E-state index contributed by atoms with van der Waals surface area (Å²) < 4.78 is 127. The maximum Gasteiger partial charge on any atom is 0.420 e. The number of likely N-dealkylation sites (tertiary alicyclic amines) is 1. The van der Waals surface area contributed by atoms with Crippen molar-refractivity contribution >= 4 is 46.4 Å². The highest BCUT2D eigenvalue weighted by Gasteiger charge is 2.52.